The number of hydrogen-bond acceptors (Lipinski definition) is 3. The first-order chi connectivity index (χ1) is 10.9. The molecule has 0 atom stereocenters. The van der Waals surface area contributed by atoms with E-state index in [1.54, 1.807) is 24.3 Å². The topological polar surface area (TPSA) is 60.9 Å². The van der Waals surface area contributed by atoms with Crippen LogP contribution < -0.4 is 11.3 Å². The van der Waals surface area contributed by atoms with Crippen molar-refractivity contribution in [3.05, 3.63) is 63.4 Å². The van der Waals surface area contributed by atoms with E-state index < -0.39 is 5.82 Å². The van der Waals surface area contributed by atoms with Crippen LogP contribution in [0.15, 0.2) is 41.2 Å². The summed E-state index contributed by atoms with van der Waals surface area (Å²) in [6.07, 6.45) is 0. The molecule has 3 aromatic rings. The van der Waals surface area contributed by atoms with Gasteiger partial charge in [-0.05, 0) is 36.4 Å². The Labute approximate surface area is 137 Å². The van der Waals surface area contributed by atoms with Gasteiger partial charge in [-0.2, -0.15) is 0 Å². The summed E-state index contributed by atoms with van der Waals surface area (Å²) >= 11 is 5.91. The van der Waals surface area contributed by atoms with Gasteiger partial charge in [0.25, 0.3) is 5.56 Å². The normalized spacial score (nSPS) is 11.3. The molecule has 0 radical (unpaired) electrons. The number of nitrogens with two attached hydrogens (primary N) is 1. The molecule has 0 aliphatic rings. The number of halogens is 2. The average molecular weight is 332 g/mol. The molecule has 0 unspecified atom stereocenters. The summed E-state index contributed by atoms with van der Waals surface area (Å²) in [6.45, 7) is 3.79. The van der Waals surface area contributed by atoms with Crippen LogP contribution in [0, 0.1) is 5.82 Å². The average Bonchev–Trinajstić information content (AvgIpc) is 2.52. The van der Waals surface area contributed by atoms with Crippen LogP contribution in [0.1, 0.15) is 25.6 Å². The van der Waals surface area contributed by atoms with E-state index in [-0.39, 0.29) is 28.1 Å². The molecule has 6 heteroatoms. The molecule has 1 heterocycles. The fraction of sp³-hybridized carbons (Fsp3) is 0.176. The second-order valence-electron chi connectivity index (χ2n) is 5.61. The quantitative estimate of drug-likeness (QED) is 0.725. The van der Waals surface area contributed by atoms with Crippen LogP contribution in [-0.2, 0) is 0 Å². The summed E-state index contributed by atoms with van der Waals surface area (Å²) in [5.74, 6) is -0.275. The zero-order valence-corrected chi connectivity index (χ0v) is 13.4. The maximum absolute atomic E-state index is 14.3. The van der Waals surface area contributed by atoms with Crippen molar-refractivity contribution in [2.45, 2.75) is 19.8 Å². The Hall–Kier alpha value is -2.40. The minimum Gasteiger partial charge on any atom is -0.396 e. The Morgan fingerprint density at radius 3 is 2.43 bits per heavy atom. The van der Waals surface area contributed by atoms with Gasteiger partial charge in [0.15, 0.2) is 5.82 Å². The molecule has 0 spiro atoms. The Bertz CT molecular complexity index is 949. The number of nitrogen functional groups attached to an aromatic ring is 1. The SMILES string of the molecule is CC(C)c1nc2c(F)c(N)ccc2c(=O)n1-c1ccc(Cl)cc1. The molecule has 3 rings (SSSR count). The molecular weight excluding hydrogens is 317 g/mol. The number of anilines is 1. The highest BCUT2D eigenvalue weighted by atomic mass is 35.5. The highest BCUT2D eigenvalue weighted by Gasteiger charge is 2.18. The van der Waals surface area contributed by atoms with Gasteiger partial charge in [0.05, 0.1) is 16.8 Å². The Kier molecular flexibility index (Phi) is 3.82. The summed E-state index contributed by atoms with van der Waals surface area (Å²) in [6, 6.07) is 9.73. The second kappa shape index (κ2) is 5.66. The van der Waals surface area contributed by atoms with Crippen LogP contribution in [0.4, 0.5) is 10.1 Å². The summed E-state index contributed by atoms with van der Waals surface area (Å²) < 4.78 is 15.7. The van der Waals surface area contributed by atoms with Gasteiger partial charge in [-0.25, -0.2) is 9.37 Å². The third-order valence-corrected chi connectivity index (χ3v) is 3.89. The van der Waals surface area contributed by atoms with Crippen molar-refractivity contribution in [3.8, 4) is 5.69 Å². The summed E-state index contributed by atoms with van der Waals surface area (Å²) in [4.78, 5) is 17.3. The van der Waals surface area contributed by atoms with Crippen molar-refractivity contribution < 1.29 is 4.39 Å². The van der Waals surface area contributed by atoms with Gasteiger partial charge in [0.1, 0.15) is 11.3 Å². The van der Waals surface area contributed by atoms with Crippen molar-refractivity contribution in [1.82, 2.24) is 9.55 Å². The molecule has 2 N–H and O–H groups in total. The van der Waals surface area contributed by atoms with E-state index in [1.165, 1.54) is 16.7 Å². The first kappa shape index (κ1) is 15.5. The van der Waals surface area contributed by atoms with Gasteiger partial charge in [-0.1, -0.05) is 25.4 Å². The van der Waals surface area contributed by atoms with Gasteiger partial charge in [0.2, 0.25) is 0 Å². The lowest BCUT2D eigenvalue weighted by molar-refractivity contribution is 0.636. The largest absolute Gasteiger partial charge is 0.396 e. The molecule has 2 aromatic carbocycles. The van der Waals surface area contributed by atoms with Gasteiger partial charge in [-0.3, -0.25) is 9.36 Å². The maximum atomic E-state index is 14.3. The highest BCUT2D eigenvalue weighted by Crippen LogP contribution is 2.23. The van der Waals surface area contributed by atoms with Crippen LogP contribution >= 0.6 is 11.6 Å². The predicted molar refractivity (Wildman–Crippen MR) is 90.8 cm³/mol. The number of benzene rings is 2. The van der Waals surface area contributed by atoms with Gasteiger partial charge in [0, 0.05) is 10.9 Å². The predicted octanol–water partition coefficient (Wildman–Crippen LogP) is 3.88. The minimum atomic E-state index is -0.662. The first-order valence-electron chi connectivity index (χ1n) is 7.16. The van der Waals surface area contributed by atoms with E-state index in [1.807, 2.05) is 13.8 Å². The number of aromatic nitrogens is 2. The third-order valence-electron chi connectivity index (χ3n) is 3.64. The van der Waals surface area contributed by atoms with Crippen molar-refractivity contribution in [2.24, 2.45) is 0 Å². The highest BCUT2D eigenvalue weighted by molar-refractivity contribution is 6.30. The molecular formula is C17H15ClFN3O. The zero-order chi connectivity index (χ0) is 16.7. The second-order valence-corrected chi connectivity index (χ2v) is 6.04. The molecule has 1 aromatic heterocycles. The lowest BCUT2D eigenvalue weighted by Crippen LogP contribution is -2.25. The van der Waals surface area contributed by atoms with Gasteiger partial charge >= 0.3 is 0 Å². The van der Waals surface area contributed by atoms with E-state index in [0.29, 0.717) is 16.5 Å². The molecule has 4 nitrogen and oxygen atoms in total. The minimum absolute atomic E-state index is 0.00362. The molecule has 0 amide bonds. The molecule has 0 saturated heterocycles. The van der Waals surface area contributed by atoms with Gasteiger partial charge in [-0.15, -0.1) is 0 Å². The van der Waals surface area contributed by atoms with Crippen molar-refractivity contribution in [3.63, 3.8) is 0 Å². The van der Waals surface area contributed by atoms with Crippen LogP contribution in [0.3, 0.4) is 0 Å². The van der Waals surface area contributed by atoms with E-state index in [4.69, 9.17) is 17.3 Å². The summed E-state index contributed by atoms with van der Waals surface area (Å²) in [5.41, 5.74) is 5.87. The van der Waals surface area contributed by atoms with Crippen molar-refractivity contribution in [2.75, 3.05) is 5.73 Å². The lowest BCUT2D eigenvalue weighted by atomic mass is 10.1. The molecule has 23 heavy (non-hydrogen) atoms. The van der Waals surface area contributed by atoms with Gasteiger partial charge < -0.3 is 5.73 Å². The van der Waals surface area contributed by atoms with E-state index in [0.717, 1.165) is 0 Å². The summed E-state index contributed by atoms with van der Waals surface area (Å²) in [5, 5.41) is 0.761. The Morgan fingerprint density at radius 1 is 1.17 bits per heavy atom. The molecule has 0 aliphatic heterocycles. The standard InChI is InChI=1S/C17H15ClFN3O/c1-9(2)16-21-15-12(7-8-13(20)14(15)19)17(23)22(16)11-5-3-10(18)4-6-11/h3-9H,20H2,1-2H3. The van der Waals surface area contributed by atoms with E-state index in [9.17, 15) is 9.18 Å². The molecule has 0 bridgehead atoms. The van der Waals surface area contributed by atoms with Crippen LogP contribution in [-0.4, -0.2) is 9.55 Å². The lowest BCUT2D eigenvalue weighted by Gasteiger charge is -2.16. The third kappa shape index (κ3) is 2.57. The van der Waals surface area contributed by atoms with Crippen molar-refractivity contribution >= 4 is 28.2 Å². The zero-order valence-electron chi connectivity index (χ0n) is 12.7. The number of rotatable bonds is 2. The number of nitrogens with zero attached hydrogens (tertiary/aromatic N) is 2. The fourth-order valence-corrected chi connectivity index (χ4v) is 2.60. The maximum Gasteiger partial charge on any atom is 0.266 e. The smallest absolute Gasteiger partial charge is 0.266 e. The van der Waals surface area contributed by atoms with Crippen LogP contribution in [0.2, 0.25) is 5.02 Å². The first-order valence-corrected chi connectivity index (χ1v) is 7.54. The monoisotopic (exact) mass is 331 g/mol. The van der Waals surface area contributed by atoms with E-state index in [2.05, 4.69) is 4.98 Å². The Morgan fingerprint density at radius 2 is 1.83 bits per heavy atom. The Balaban J connectivity index is 2.43. The molecule has 118 valence electrons. The van der Waals surface area contributed by atoms with E-state index >= 15 is 0 Å². The number of fused-ring (bicyclic) bond motifs is 1. The molecule has 0 fully saturated rings. The molecule has 0 aliphatic carbocycles. The van der Waals surface area contributed by atoms with Crippen LogP contribution in [0.5, 0.6) is 0 Å². The van der Waals surface area contributed by atoms with Crippen LogP contribution in [0.25, 0.3) is 16.6 Å². The van der Waals surface area contributed by atoms with Crippen molar-refractivity contribution in [1.29, 1.82) is 0 Å². The molecule has 0 saturated carbocycles. The number of hydrogen-bond donors (Lipinski definition) is 1. The summed E-state index contributed by atoms with van der Waals surface area (Å²) in [7, 11) is 0. The fourth-order valence-electron chi connectivity index (χ4n) is 2.48.